The Kier molecular flexibility index (Phi) is 1.66. The molecule has 0 aliphatic heterocycles. The second-order valence-corrected chi connectivity index (χ2v) is 3.08. The molecule has 0 N–H and O–H groups in total. The molecule has 2 atom stereocenters. The summed E-state index contributed by atoms with van der Waals surface area (Å²) in [6, 6.07) is 11.2. The third-order valence-electron chi connectivity index (χ3n) is 2.32. The van der Waals surface area contributed by atoms with Crippen LogP contribution in [0.15, 0.2) is 30.3 Å². The van der Waals surface area contributed by atoms with E-state index in [0.29, 0.717) is 6.04 Å². The molecule has 1 aliphatic carbocycles. The first-order chi connectivity index (χ1) is 5.42. The monoisotopic (exact) mass is 146 g/mol. The summed E-state index contributed by atoms with van der Waals surface area (Å²) in [5.74, 6) is 0.723. The van der Waals surface area contributed by atoms with Crippen molar-refractivity contribution < 1.29 is 0 Å². The average molecular weight is 146 g/mol. The molecule has 0 amide bonds. The molecule has 2 rings (SSSR count). The highest BCUT2D eigenvalue weighted by molar-refractivity contribution is 5.30. The van der Waals surface area contributed by atoms with Gasteiger partial charge in [-0.1, -0.05) is 36.8 Å². The molecule has 0 aromatic heterocycles. The maximum Gasteiger partial charge on any atom is -0.0336 e. The van der Waals surface area contributed by atoms with E-state index in [1.165, 1.54) is 12.0 Å². The summed E-state index contributed by atoms with van der Waals surface area (Å²) in [5, 5.41) is 4.26. The molecular weight excluding hydrogens is 134 g/mol. The zero-order chi connectivity index (χ0) is 7.68. The van der Waals surface area contributed by atoms with Crippen molar-refractivity contribution in [2.45, 2.75) is 18.4 Å². The summed E-state index contributed by atoms with van der Waals surface area (Å²) in [4.78, 5) is 0. The van der Waals surface area contributed by atoms with Crippen LogP contribution in [0.25, 0.3) is 5.32 Å². The molecule has 0 radical (unpaired) electrons. The molecule has 0 bridgehead atoms. The van der Waals surface area contributed by atoms with Crippen molar-refractivity contribution >= 4 is 0 Å². The van der Waals surface area contributed by atoms with Crippen molar-refractivity contribution in [3.8, 4) is 0 Å². The fourth-order valence-corrected chi connectivity index (χ4v) is 1.53. The third kappa shape index (κ3) is 1.29. The predicted molar refractivity (Wildman–Crippen MR) is 46.9 cm³/mol. The first-order valence-electron chi connectivity index (χ1n) is 4.05. The van der Waals surface area contributed by atoms with Crippen molar-refractivity contribution in [1.82, 2.24) is 0 Å². The zero-order valence-electron chi connectivity index (χ0n) is 6.70. The van der Waals surface area contributed by atoms with E-state index >= 15 is 0 Å². The molecule has 58 valence electrons. The van der Waals surface area contributed by atoms with Gasteiger partial charge in [-0.25, -0.2) is 0 Å². The fraction of sp³-hybridized carbons (Fsp3) is 0.400. The maximum absolute atomic E-state index is 4.26. The molecule has 1 fully saturated rings. The second-order valence-electron chi connectivity index (χ2n) is 3.08. The minimum absolute atomic E-state index is 0.609. The summed E-state index contributed by atoms with van der Waals surface area (Å²) < 4.78 is 0. The van der Waals surface area contributed by atoms with Crippen LogP contribution in [0.4, 0.5) is 0 Å². The first-order valence-corrected chi connectivity index (χ1v) is 4.05. The third-order valence-corrected chi connectivity index (χ3v) is 2.32. The summed E-state index contributed by atoms with van der Waals surface area (Å²) in [7, 11) is 1.91. The van der Waals surface area contributed by atoms with Gasteiger partial charge in [-0.05, 0) is 11.5 Å². The molecule has 1 heteroatoms. The van der Waals surface area contributed by atoms with Gasteiger partial charge in [-0.3, -0.25) is 0 Å². The van der Waals surface area contributed by atoms with Crippen molar-refractivity contribution in [3.63, 3.8) is 0 Å². The SMILES string of the molecule is C[N-][C@@H]1CC1c1ccccc1. The molecule has 1 aromatic carbocycles. The van der Waals surface area contributed by atoms with E-state index < -0.39 is 0 Å². The number of hydrogen-bond donors (Lipinski definition) is 0. The van der Waals surface area contributed by atoms with Gasteiger partial charge in [0.05, 0.1) is 0 Å². The Balaban J connectivity index is 2.09. The number of hydrogen-bond acceptors (Lipinski definition) is 0. The fourth-order valence-electron chi connectivity index (χ4n) is 1.53. The lowest BCUT2D eigenvalue weighted by atomic mass is 10.1. The van der Waals surface area contributed by atoms with Crippen LogP contribution < -0.4 is 0 Å². The van der Waals surface area contributed by atoms with Gasteiger partial charge in [0.25, 0.3) is 0 Å². The molecular formula is C10H12N-. The van der Waals surface area contributed by atoms with Crippen LogP contribution >= 0.6 is 0 Å². The number of rotatable bonds is 2. The molecule has 1 saturated carbocycles. The van der Waals surface area contributed by atoms with Crippen molar-refractivity contribution in [2.24, 2.45) is 0 Å². The minimum Gasteiger partial charge on any atom is -0.662 e. The van der Waals surface area contributed by atoms with Crippen molar-refractivity contribution in [1.29, 1.82) is 0 Å². The largest absolute Gasteiger partial charge is 0.662 e. The van der Waals surface area contributed by atoms with Crippen LogP contribution in [0.2, 0.25) is 0 Å². The molecule has 1 unspecified atom stereocenters. The highest BCUT2D eigenvalue weighted by atomic mass is 14.9. The topological polar surface area (TPSA) is 14.1 Å². The first kappa shape index (κ1) is 6.86. The number of nitrogens with zero attached hydrogens (tertiary/aromatic N) is 1. The maximum atomic E-state index is 4.26. The van der Waals surface area contributed by atoms with Gasteiger partial charge in [0.1, 0.15) is 0 Å². The van der Waals surface area contributed by atoms with Gasteiger partial charge in [0.15, 0.2) is 0 Å². The Bertz CT molecular complexity index is 230. The lowest BCUT2D eigenvalue weighted by molar-refractivity contribution is 1.07. The smallest absolute Gasteiger partial charge is 0.0336 e. The van der Waals surface area contributed by atoms with E-state index in [4.69, 9.17) is 0 Å². The van der Waals surface area contributed by atoms with E-state index in [-0.39, 0.29) is 0 Å². The van der Waals surface area contributed by atoms with E-state index in [1.807, 2.05) is 7.05 Å². The average Bonchev–Trinajstić information content (AvgIpc) is 2.85. The van der Waals surface area contributed by atoms with Crippen LogP contribution in [-0.4, -0.2) is 13.1 Å². The summed E-state index contributed by atoms with van der Waals surface area (Å²) in [6.45, 7) is 0. The standard InChI is InChI=1S/C10H12N/c1-11-10-7-9(10)8-5-3-2-4-6-8/h2-6,9-10H,7H2,1H3/q-1/t9?,10-/m1/s1. The Hall–Kier alpha value is -0.820. The van der Waals surface area contributed by atoms with Crippen LogP contribution in [0.5, 0.6) is 0 Å². The van der Waals surface area contributed by atoms with Gasteiger partial charge < -0.3 is 5.32 Å². The summed E-state index contributed by atoms with van der Waals surface area (Å²) in [6.07, 6.45) is 1.25. The van der Waals surface area contributed by atoms with Gasteiger partial charge in [0, 0.05) is 0 Å². The Morgan fingerprint density at radius 2 is 2.00 bits per heavy atom. The van der Waals surface area contributed by atoms with Crippen LogP contribution in [-0.2, 0) is 0 Å². The highest BCUT2D eigenvalue weighted by Crippen LogP contribution is 2.44. The van der Waals surface area contributed by atoms with Crippen LogP contribution in [0.3, 0.4) is 0 Å². The summed E-state index contributed by atoms with van der Waals surface area (Å²) >= 11 is 0. The molecule has 0 heterocycles. The Morgan fingerprint density at radius 3 is 2.55 bits per heavy atom. The van der Waals surface area contributed by atoms with Crippen molar-refractivity contribution in [3.05, 3.63) is 41.2 Å². The molecule has 1 aromatic rings. The van der Waals surface area contributed by atoms with E-state index in [1.54, 1.807) is 0 Å². The van der Waals surface area contributed by atoms with Crippen LogP contribution in [0.1, 0.15) is 17.9 Å². The van der Waals surface area contributed by atoms with Gasteiger partial charge in [0.2, 0.25) is 0 Å². The predicted octanol–water partition coefficient (Wildman–Crippen LogP) is 2.55. The minimum atomic E-state index is 0.609. The van der Waals surface area contributed by atoms with E-state index in [9.17, 15) is 0 Å². The van der Waals surface area contributed by atoms with Crippen molar-refractivity contribution in [2.75, 3.05) is 7.05 Å². The molecule has 1 aliphatic rings. The Labute approximate surface area is 67.4 Å². The van der Waals surface area contributed by atoms with E-state index in [2.05, 4.69) is 35.6 Å². The van der Waals surface area contributed by atoms with Crippen LogP contribution in [0, 0.1) is 0 Å². The van der Waals surface area contributed by atoms with E-state index in [0.717, 1.165) is 5.92 Å². The number of benzene rings is 1. The molecule has 0 saturated heterocycles. The Morgan fingerprint density at radius 1 is 1.27 bits per heavy atom. The molecule has 0 spiro atoms. The van der Waals surface area contributed by atoms with Gasteiger partial charge in [-0.2, -0.15) is 7.05 Å². The molecule has 1 nitrogen and oxygen atoms in total. The highest BCUT2D eigenvalue weighted by Gasteiger charge is 2.28. The molecule has 11 heavy (non-hydrogen) atoms. The normalized spacial score (nSPS) is 28.5. The number of likely N-dealkylation sites (N-methyl/N-ethyl adjacent to an activating group) is 1. The zero-order valence-corrected chi connectivity index (χ0v) is 6.70. The van der Waals surface area contributed by atoms with Gasteiger partial charge >= 0.3 is 0 Å². The lowest BCUT2D eigenvalue weighted by Gasteiger charge is -2.09. The quantitative estimate of drug-likeness (QED) is 0.608. The lowest BCUT2D eigenvalue weighted by Crippen LogP contribution is -1.84. The second kappa shape index (κ2) is 2.67. The summed E-state index contributed by atoms with van der Waals surface area (Å²) in [5.41, 5.74) is 1.45. The van der Waals surface area contributed by atoms with Gasteiger partial charge in [-0.15, -0.1) is 6.04 Å².